The van der Waals surface area contributed by atoms with Gasteiger partial charge in [-0.2, -0.15) is 5.10 Å². The number of carbonyl (C=O) groups is 2. The first-order chi connectivity index (χ1) is 14.0. The van der Waals surface area contributed by atoms with E-state index in [1.54, 1.807) is 29.9 Å². The highest BCUT2D eigenvalue weighted by Gasteiger charge is 2.20. The molecule has 2 heterocycles. The molecule has 3 aromatic rings. The topological polar surface area (TPSA) is 98.1 Å². The summed E-state index contributed by atoms with van der Waals surface area (Å²) in [5.41, 5.74) is 2.56. The van der Waals surface area contributed by atoms with E-state index in [9.17, 15) is 9.59 Å². The zero-order chi connectivity index (χ0) is 20.8. The quantitative estimate of drug-likeness (QED) is 0.433. The minimum Gasteiger partial charge on any atom is -0.462 e. The number of hydrogen-bond donors (Lipinski definition) is 2. The van der Waals surface area contributed by atoms with Crippen molar-refractivity contribution in [1.82, 2.24) is 25.4 Å². The van der Waals surface area contributed by atoms with Crippen molar-refractivity contribution in [2.45, 2.75) is 20.4 Å². The molecular weight excluding hydrogens is 394 g/mol. The summed E-state index contributed by atoms with van der Waals surface area (Å²) in [5.74, 6) is -0.523. The van der Waals surface area contributed by atoms with Crippen LogP contribution in [0.5, 0.6) is 0 Å². The second kappa shape index (κ2) is 9.49. The smallest absolute Gasteiger partial charge is 0.341 e. The van der Waals surface area contributed by atoms with E-state index in [1.807, 2.05) is 12.1 Å². The van der Waals surface area contributed by atoms with Crippen LogP contribution in [0.1, 0.15) is 29.9 Å². The molecule has 0 aliphatic rings. The predicted octanol–water partition coefficient (Wildman–Crippen LogP) is 2.48. The Morgan fingerprint density at radius 1 is 1.24 bits per heavy atom. The standard InChI is InChI=1S/C20H22ClN5O3/c1-3-29-20(28)16-11-25-26(19(16)12-22-8-9-23-13(2)27)18-6-7-24-17-10-14(21)4-5-15(17)18/h4-7,10-11,22H,3,8-9,12H2,1-2H3,(H,23,27). The first-order valence-corrected chi connectivity index (χ1v) is 9.63. The van der Waals surface area contributed by atoms with Gasteiger partial charge in [-0.1, -0.05) is 11.6 Å². The number of amides is 1. The van der Waals surface area contributed by atoms with Crippen molar-refractivity contribution in [2.24, 2.45) is 0 Å². The highest BCUT2D eigenvalue weighted by atomic mass is 35.5. The Hall–Kier alpha value is -2.97. The summed E-state index contributed by atoms with van der Waals surface area (Å²) in [6, 6.07) is 7.27. The SMILES string of the molecule is CCOC(=O)c1cnn(-c2ccnc3cc(Cl)ccc23)c1CNCCNC(C)=O. The number of nitrogens with zero attached hydrogens (tertiary/aromatic N) is 3. The molecule has 8 nitrogen and oxygen atoms in total. The highest BCUT2D eigenvalue weighted by Crippen LogP contribution is 2.25. The molecule has 0 atom stereocenters. The maximum Gasteiger partial charge on any atom is 0.341 e. The average Bonchev–Trinajstić information content (AvgIpc) is 3.10. The number of esters is 1. The lowest BCUT2D eigenvalue weighted by molar-refractivity contribution is -0.118. The van der Waals surface area contributed by atoms with Gasteiger partial charge in [-0.25, -0.2) is 9.48 Å². The highest BCUT2D eigenvalue weighted by molar-refractivity contribution is 6.31. The van der Waals surface area contributed by atoms with Crippen molar-refractivity contribution in [3.63, 3.8) is 0 Å². The van der Waals surface area contributed by atoms with E-state index in [0.717, 1.165) is 16.6 Å². The zero-order valence-corrected chi connectivity index (χ0v) is 17.0. The number of nitrogens with one attached hydrogen (secondary N) is 2. The summed E-state index contributed by atoms with van der Waals surface area (Å²) in [5, 5.41) is 11.8. The Morgan fingerprint density at radius 3 is 2.83 bits per heavy atom. The van der Waals surface area contributed by atoms with Gasteiger partial charge in [0.15, 0.2) is 0 Å². The first kappa shape index (κ1) is 20.8. The van der Waals surface area contributed by atoms with Crippen molar-refractivity contribution in [3.8, 4) is 5.69 Å². The van der Waals surface area contributed by atoms with Gasteiger partial charge < -0.3 is 15.4 Å². The van der Waals surface area contributed by atoms with Gasteiger partial charge in [0.25, 0.3) is 0 Å². The van der Waals surface area contributed by atoms with Gasteiger partial charge >= 0.3 is 5.97 Å². The first-order valence-electron chi connectivity index (χ1n) is 9.25. The Labute approximate surface area is 173 Å². The third-order valence-corrected chi connectivity index (χ3v) is 4.48. The number of rotatable bonds is 8. The van der Waals surface area contributed by atoms with Crippen LogP contribution in [0.2, 0.25) is 5.02 Å². The van der Waals surface area contributed by atoms with Crippen LogP contribution in [0.25, 0.3) is 16.6 Å². The van der Waals surface area contributed by atoms with Crippen molar-refractivity contribution in [1.29, 1.82) is 0 Å². The van der Waals surface area contributed by atoms with Crippen LogP contribution in [-0.4, -0.2) is 46.3 Å². The fraction of sp³-hybridized carbons (Fsp3) is 0.300. The Morgan fingerprint density at radius 2 is 2.07 bits per heavy atom. The molecule has 2 aromatic heterocycles. The monoisotopic (exact) mass is 415 g/mol. The van der Waals surface area contributed by atoms with Crippen LogP contribution >= 0.6 is 11.6 Å². The maximum atomic E-state index is 12.4. The molecule has 0 radical (unpaired) electrons. The van der Waals surface area contributed by atoms with Gasteiger partial charge in [0.1, 0.15) is 5.56 Å². The van der Waals surface area contributed by atoms with Gasteiger partial charge in [-0.3, -0.25) is 9.78 Å². The number of hydrogen-bond acceptors (Lipinski definition) is 6. The average molecular weight is 416 g/mol. The van der Waals surface area contributed by atoms with E-state index in [1.165, 1.54) is 13.1 Å². The molecule has 1 amide bonds. The molecule has 0 aliphatic heterocycles. The molecular formula is C20H22ClN5O3. The molecule has 3 rings (SSSR count). The summed E-state index contributed by atoms with van der Waals surface area (Å²) in [6.07, 6.45) is 3.18. The Balaban J connectivity index is 1.96. The fourth-order valence-corrected chi connectivity index (χ4v) is 3.12. The minimum absolute atomic E-state index is 0.0917. The number of pyridine rings is 1. The van der Waals surface area contributed by atoms with Crippen LogP contribution in [0.4, 0.5) is 0 Å². The zero-order valence-electron chi connectivity index (χ0n) is 16.2. The third-order valence-electron chi connectivity index (χ3n) is 4.24. The predicted molar refractivity (Wildman–Crippen MR) is 110 cm³/mol. The van der Waals surface area contributed by atoms with E-state index in [-0.39, 0.29) is 12.5 Å². The second-order valence-corrected chi connectivity index (χ2v) is 6.72. The Kier molecular flexibility index (Phi) is 6.79. The molecule has 0 aliphatic carbocycles. The number of fused-ring (bicyclic) bond motifs is 1. The van der Waals surface area contributed by atoms with Gasteiger partial charge in [0.2, 0.25) is 5.91 Å². The summed E-state index contributed by atoms with van der Waals surface area (Å²) < 4.78 is 6.88. The van der Waals surface area contributed by atoms with Crippen LogP contribution in [0.15, 0.2) is 36.7 Å². The van der Waals surface area contributed by atoms with Crippen molar-refractivity contribution >= 4 is 34.4 Å². The molecule has 0 saturated heterocycles. The number of benzene rings is 1. The Bertz CT molecular complexity index is 1030. The second-order valence-electron chi connectivity index (χ2n) is 6.29. The van der Waals surface area contributed by atoms with Crippen LogP contribution in [-0.2, 0) is 16.1 Å². The van der Waals surface area contributed by atoms with Crippen molar-refractivity contribution in [3.05, 3.63) is 52.9 Å². The van der Waals surface area contributed by atoms with Crippen LogP contribution in [0, 0.1) is 0 Å². The van der Waals surface area contributed by atoms with Crippen molar-refractivity contribution < 1.29 is 14.3 Å². The third kappa shape index (κ3) is 4.90. The molecule has 0 fully saturated rings. The molecule has 0 unspecified atom stereocenters. The summed E-state index contributed by atoms with van der Waals surface area (Å²) >= 11 is 6.09. The largest absolute Gasteiger partial charge is 0.462 e. The number of carbonyl (C=O) groups excluding carboxylic acids is 2. The van der Waals surface area contributed by atoms with Crippen molar-refractivity contribution in [2.75, 3.05) is 19.7 Å². The van der Waals surface area contributed by atoms with Gasteiger partial charge in [0.05, 0.1) is 29.7 Å². The lowest BCUT2D eigenvalue weighted by Gasteiger charge is -2.13. The number of aromatic nitrogens is 3. The molecule has 0 saturated carbocycles. The lowest BCUT2D eigenvalue weighted by atomic mass is 10.1. The summed E-state index contributed by atoms with van der Waals surface area (Å²) in [7, 11) is 0. The molecule has 9 heteroatoms. The number of halogens is 1. The van der Waals surface area contributed by atoms with E-state index < -0.39 is 5.97 Å². The normalized spacial score (nSPS) is 10.9. The van der Waals surface area contributed by atoms with Crippen LogP contribution in [0.3, 0.4) is 0 Å². The molecule has 0 bridgehead atoms. The van der Waals surface area contributed by atoms with E-state index >= 15 is 0 Å². The molecule has 29 heavy (non-hydrogen) atoms. The summed E-state index contributed by atoms with van der Waals surface area (Å²) in [4.78, 5) is 27.8. The lowest BCUT2D eigenvalue weighted by Crippen LogP contribution is -2.30. The molecule has 152 valence electrons. The van der Waals surface area contributed by atoms with E-state index in [2.05, 4.69) is 20.7 Å². The minimum atomic E-state index is -0.432. The van der Waals surface area contributed by atoms with E-state index in [0.29, 0.717) is 35.9 Å². The number of ether oxygens (including phenoxy) is 1. The van der Waals surface area contributed by atoms with Gasteiger partial charge in [-0.15, -0.1) is 0 Å². The van der Waals surface area contributed by atoms with Gasteiger partial charge in [-0.05, 0) is 31.2 Å². The van der Waals surface area contributed by atoms with E-state index in [4.69, 9.17) is 16.3 Å². The summed E-state index contributed by atoms with van der Waals surface area (Å²) in [6.45, 7) is 4.89. The maximum absolute atomic E-state index is 12.4. The van der Waals surface area contributed by atoms with Gasteiger partial charge in [0, 0.05) is 43.2 Å². The molecule has 1 aromatic carbocycles. The fourth-order valence-electron chi connectivity index (χ4n) is 2.96. The molecule has 0 spiro atoms. The molecule has 2 N–H and O–H groups in total. The van der Waals surface area contributed by atoms with Crippen LogP contribution < -0.4 is 10.6 Å².